The van der Waals surface area contributed by atoms with Gasteiger partial charge in [0.1, 0.15) is 0 Å². The molecule has 1 aromatic heterocycles. The monoisotopic (exact) mass is 216 g/mol. The van der Waals surface area contributed by atoms with Gasteiger partial charge in [0, 0.05) is 15.4 Å². The number of halogens is 1. The highest BCUT2D eigenvalue weighted by atomic mass is 79.9. The maximum atomic E-state index is 3.48. The molecule has 10 heavy (non-hydrogen) atoms. The average molecular weight is 217 g/mol. The van der Waals surface area contributed by atoms with E-state index in [-0.39, 0.29) is 0 Å². The van der Waals surface area contributed by atoms with Crippen molar-refractivity contribution in [2.24, 2.45) is 0 Å². The molecular weight excluding hydrogens is 208 g/mol. The minimum atomic E-state index is 1.20. The largest absolute Gasteiger partial charge is 0.151 e. The molecule has 0 nitrogen and oxygen atoms in total. The van der Waals surface area contributed by atoms with E-state index in [9.17, 15) is 0 Å². The summed E-state index contributed by atoms with van der Waals surface area (Å²) in [6.45, 7) is 4.17. The van der Waals surface area contributed by atoms with Crippen molar-refractivity contribution in [1.29, 1.82) is 0 Å². The van der Waals surface area contributed by atoms with Crippen LogP contribution in [0.25, 0.3) is 5.57 Å². The Balaban J connectivity index is 3.05. The second-order valence-electron chi connectivity index (χ2n) is 2.11. The van der Waals surface area contributed by atoms with Gasteiger partial charge in [-0.15, -0.1) is 0 Å². The predicted octanol–water partition coefficient (Wildman–Crippen LogP) is 3.93. The summed E-state index contributed by atoms with van der Waals surface area (Å²) in [6.07, 6.45) is 2.12. The molecule has 0 bridgehead atoms. The fraction of sp³-hybridized carbons (Fsp3) is 0.250. The van der Waals surface area contributed by atoms with Gasteiger partial charge in [-0.05, 0) is 40.7 Å². The zero-order valence-corrected chi connectivity index (χ0v) is 8.42. The lowest BCUT2D eigenvalue weighted by atomic mass is 10.2. The molecule has 0 N–H and O–H groups in total. The summed E-state index contributed by atoms with van der Waals surface area (Å²) >= 11 is 5.20. The Morgan fingerprint density at radius 3 is 2.70 bits per heavy atom. The van der Waals surface area contributed by atoms with Gasteiger partial charge in [-0.25, -0.2) is 0 Å². The number of hydrogen-bond acceptors (Lipinski definition) is 1. The van der Waals surface area contributed by atoms with Gasteiger partial charge >= 0.3 is 0 Å². The van der Waals surface area contributed by atoms with Crippen LogP contribution >= 0.6 is 27.3 Å². The SMILES string of the molecule is C/C=C(/C)c1cscc1Br. The Hall–Kier alpha value is -0.0800. The normalized spacial score (nSPS) is 12.1. The maximum absolute atomic E-state index is 3.48. The van der Waals surface area contributed by atoms with Gasteiger partial charge in [0.05, 0.1) is 0 Å². The maximum Gasteiger partial charge on any atom is 0.0357 e. The van der Waals surface area contributed by atoms with E-state index in [2.05, 4.69) is 46.6 Å². The molecule has 0 saturated heterocycles. The van der Waals surface area contributed by atoms with E-state index in [1.165, 1.54) is 15.6 Å². The van der Waals surface area contributed by atoms with E-state index >= 15 is 0 Å². The molecule has 54 valence electrons. The fourth-order valence-electron chi connectivity index (χ4n) is 0.718. The van der Waals surface area contributed by atoms with Gasteiger partial charge < -0.3 is 0 Å². The van der Waals surface area contributed by atoms with Crippen molar-refractivity contribution < 1.29 is 0 Å². The summed E-state index contributed by atoms with van der Waals surface area (Å²) < 4.78 is 1.20. The molecule has 0 aliphatic heterocycles. The quantitative estimate of drug-likeness (QED) is 0.668. The van der Waals surface area contributed by atoms with E-state index < -0.39 is 0 Å². The van der Waals surface area contributed by atoms with Gasteiger partial charge in [-0.2, -0.15) is 11.3 Å². The molecule has 0 unspecified atom stereocenters. The molecule has 0 radical (unpaired) electrons. The van der Waals surface area contributed by atoms with Crippen LogP contribution in [0.5, 0.6) is 0 Å². The minimum absolute atomic E-state index is 1.20. The lowest BCUT2D eigenvalue weighted by molar-refractivity contribution is 1.58. The second-order valence-corrected chi connectivity index (χ2v) is 3.70. The third kappa shape index (κ3) is 1.50. The molecule has 1 rings (SSSR count). The molecule has 0 atom stereocenters. The van der Waals surface area contributed by atoms with Crippen LogP contribution in [0.4, 0.5) is 0 Å². The first kappa shape index (κ1) is 8.02. The number of rotatable bonds is 1. The van der Waals surface area contributed by atoms with Crippen molar-refractivity contribution in [2.75, 3.05) is 0 Å². The lowest BCUT2D eigenvalue weighted by Crippen LogP contribution is -1.72. The minimum Gasteiger partial charge on any atom is -0.151 e. The van der Waals surface area contributed by atoms with E-state index in [4.69, 9.17) is 0 Å². The summed E-state index contributed by atoms with van der Waals surface area (Å²) in [7, 11) is 0. The molecule has 0 aliphatic rings. The smallest absolute Gasteiger partial charge is 0.0357 e. The van der Waals surface area contributed by atoms with Crippen LogP contribution in [0.3, 0.4) is 0 Å². The summed E-state index contributed by atoms with van der Waals surface area (Å²) in [6, 6.07) is 0. The van der Waals surface area contributed by atoms with Crippen molar-refractivity contribution in [2.45, 2.75) is 13.8 Å². The van der Waals surface area contributed by atoms with Crippen LogP contribution in [0, 0.1) is 0 Å². The molecule has 0 saturated carbocycles. The Labute approximate surface area is 73.7 Å². The Bertz CT molecular complexity index is 248. The topological polar surface area (TPSA) is 0 Å². The van der Waals surface area contributed by atoms with Crippen LogP contribution in [-0.2, 0) is 0 Å². The van der Waals surface area contributed by atoms with Gasteiger partial charge in [0.2, 0.25) is 0 Å². The van der Waals surface area contributed by atoms with Gasteiger partial charge in [0.15, 0.2) is 0 Å². The van der Waals surface area contributed by atoms with E-state index in [0.717, 1.165) is 0 Å². The number of hydrogen-bond donors (Lipinski definition) is 0. The van der Waals surface area contributed by atoms with Crippen molar-refractivity contribution in [3.05, 3.63) is 26.9 Å². The van der Waals surface area contributed by atoms with Crippen molar-refractivity contribution in [1.82, 2.24) is 0 Å². The zero-order chi connectivity index (χ0) is 7.56. The first-order chi connectivity index (χ1) is 4.75. The molecule has 0 amide bonds. The first-order valence-electron chi connectivity index (χ1n) is 3.10. The molecule has 0 spiro atoms. The predicted molar refractivity (Wildman–Crippen MR) is 51.3 cm³/mol. The number of thiophene rings is 1. The second kappa shape index (κ2) is 3.35. The Morgan fingerprint density at radius 1 is 1.60 bits per heavy atom. The van der Waals surface area contributed by atoms with E-state index in [1.807, 2.05) is 0 Å². The highest BCUT2D eigenvalue weighted by molar-refractivity contribution is 9.10. The van der Waals surface area contributed by atoms with Crippen LogP contribution in [0.15, 0.2) is 21.3 Å². The summed E-state index contributed by atoms with van der Waals surface area (Å²) in [5.41, 5.74) is 2.64. The summed E-state index contributed by atoms with van der Waals surface area (Å²) in [5, 5.41) is 4.25. The molecule has 0 aliphatic carbocycles. The van der Waals surface area contributed by atoms with Crippen molar-refractivity contribution in [3.63, 3.8) is 0 Å². The Morgan fingerprint density at radius 2 is 2.30 bits per heavy atom. The van der Waals surface area contributed by atoms with Crippen LogP contribution in [0.1, 0.15) is 19.4 Å². The summed E-state index contributed by atoms with van der Waals surface area (Å²) in [4.78, 5) is 0. The molecule has 1 heterocycles. The van der Waals surface area contributed by atoms with Gasteiger partial charge in [-0.1, -0.05) is 6.08 Å². The lowest BCUT2D eigenvalue weighted by Gasteiger charge is -1.95. The third-order valence-corrected chi connectivity index (χ3v) is 3.18. The molecular formula is C8H9BrS. The van der Waals surface area contributed by atoms with Gasteiger partial charge in [-0.3, -0.25) is 0 Å². The molecule has 0 fully saturated rings. The van der Waals surface area contributed by atoms with Crippen LogP contribution in [-0.4, -0.2) is 0 Å². The Kier molecular flexibility index (Phi) is 2.69. The van der Waals surface area contributed by atoms with Crippen LogP contribution in [0.2, 0.25) is 0 Å². The molecule has 0 aromatic carbocycles. The van der Waals surface area contributed by atoms with Crippen molar-refractivity contribution >= 4 is 32.8 Å². The van der Waals surface area contributed by atoms with E-state index in [1.54, 1.807) is 11.3 Å². The molecule has 2 heteroatoms. The molecule has 1 aromatic rings. The zero-order valence-electron chi connectivity index (χ0n) is 6.02. The first-order valence-corrected chi connectivity index (χ1v) is 4.84. The highest BCUT2D eigenvalue weighted by Crippen LogP contribution is 2.27. The van der Waals surface area contributed by atoms with E-state index in [0.29, 0.717) is 0 Å². The van der Waals surface area contributed by atoms with Crippen LogP contribution < -0.4 is 0 Å². The van der Waals surface area contributed by atoms with Gasteiger partial charge in [0.25, 0.3) is 0 Å². The summed E-state index contributed by atoms with van der Waals surface area (Å²) in [5.74, 6) is 0. The van der Waals surface area contributed by atoms with Crippen molar-refractivity contribution in [3.8, 4) is 0 Å². The fourth-order valence-corrected chi connectivity index (χ4v) is 2.38. The third-order valence-electron chi connectivity index (χ3n) is 1.47. The average Bonchev–Trinajstić information content (AvgIpc) is 2.34. The number of allylic oxidation sites excluding steroid dienone is 2. The highest BCUT2D eigenvalue weighted by Gasteiger charge is 1.99. The standard InChI is InChI=1S/C8H9BrS/c1-3-6(2)7-4-10-5-8(7)9/h3-5H,1-2H3/b6-3-.